The summed E-state index contributed by atoms with van der Waals surface area (Å²) in [5.41, 5.74) is 0.616. The lowest BCUT2D eigenvalue weighted by Gasteiger charge is -2.38. The maximum absolute atomic E-state index is 13.8. The highest BCUT2D eigenvalue weighted by molar-refractivity contribution is 5.76. The van der Waals surface area contributed by atoms with Gasteiger partial charge in [-0.1, -0.05) is 0 Å². The first-order chi connectivity index (χ1) is 12.1. The molecule has 1 saturated carbocycles. The van der Waals surface area contributed by atoms with Crippen molar-refractivity contribution in [2.45, 2.75) is 37.8 Å². The molecule has 0 spiro atoms. The summed E-state index contributed by atoms with van der Waals surface area (Å²) in [4.78, 5) is 17.8. The number of ether oxygens (including phenoxy) is 1. The summed E-state index contributed by atoms with van der Waals surface area (Å²) in [6.45, 7) is 2.07. The zero-order chi connectivity index (χ0) is 17.8. The first-order valence-corrected chi connectivity index (χ1v) is 8.75. The van der Waals surface area contributed by atoms with Crippen LogP contribution in [0.2, 0.25) is 0 Å². The molecule has 1 aliphatic heterocycles. The number of carbonyl (C=O) groups is 1. The van der Waals surface area contributed by atoms with Gasteiger partial charge in [-0.25, -0.2) is 4.39 Å². The summed E-state index contributed by atoms with van der Waals surface area (Å²) >= 11 is 0. The zero-order valence-corrected chi connectivity index (χ0v) is 14.4. The summed E-state index contributed by atoms with van der Waals surface area (Å²) in [5, 5.41) is 14.4. The standard InChI is InChI=1S/C18H25FN2O4/c1-24-16-4-3-13(19)11-15(16)18(12-9-14(22)10-12)20-17(23)5-7-21-6-2-8-25-21/h3-4,11-12,14,18,22H,2,5-10H2,1H3,(H,20,23). The van der Waals surface area contributed by atoms with Crippen LogP contribution in [0.1, 0.15) is 37.3 Å². The van der Waals surface area contributed by atoms with E-state index in [9.17, 15) is 14.3 Å². The summed E-state index contributed by atoms with van der Waals surface area (Å²) in [7, 11) is 1.52. The van der Waals surface area contributed by atoms with Crippen molar-refractivity contribution in [3.05, 3.63) is 29.6 Å². The van der Waals surface area contributed by atoms with Crippen LogP contribution in [0.3, 0.4) is 0 Å². The third-order valence-corrected chi connectivity index (χ3v) is 4.88. The smallest absolute Gasteiger partial charge is 0.221 e. The molecule has 0 aromatic heterocycles. The topological polar surface area (TPSA) is 71.0 Å². The van der Waals surface area contributed by atoms with Gasteiger partial charge >= 0.3 is 0 Å². The average Bonchev–Trinajstić information content (AvgIpc) is 3.09. The molecule has 2 N–H and O–H groups in total. The van der Waals surface area contributed by atoms with Crippen molar-refractivity contribution in [3.63, 3.8) is 0 Å². The first kappa shape index (κ1) is 18.1. The van der Waals surface area contributed by atoms with Crippen LogP contribution in [0.4, 0.5) is 4.39 Å². The number of nitrogens with zero attached hydrogens (tertiary/aromatic N) is 1. The molecule has 0 radical (unpaired) electrons. The van der Waals surface area contributed by atoms with Gasteiger partial charge in [-0.15, -0.1) is 0 Å². The number of amides is 1. The summed E-state index contributed by atoms with van der Waals surface area (Å²) < 4.78 is 19.1. The van der Waals surface area contributed by atoms with Gasteiger partial charge in [-0.2, -0.15) is 5.06 Å². The number of hydroxylamine groups is 2. The number of rotatable bonds is 7. The molecular formula is C18H25FN2O4. The SMILES string of the molecule is COc1ccc(F)cc1C(NC(=O)CCN1CCCO1)C1CC(O)C1. The van der Waals surface area contributed by atoms with Gasteiger partial charge in [0.15, 0.2) is 0 Å². The second-order valence-electron chi connectivity index (χ2n) is 6.68. The summed E-state index contributed by atoms with van der Waals surface area (Å²) in [6, 6.07) is 3.93. The van der Waals surface area contributed by atoms with Gasteiger partial charge in [-0.05, 0) is 43.4 Å². The molecule has 138 valence electrons. The molecule has 2 fully saturated rings. The highest BCUT2D eigenvalue weighted by Crippen LogP contribution is 2.41. The van der Waals surface area contributed by atoms with Crippen molar-refractivity contribution in [1.29, 1.82) is 0 Å². The molecule has 0 bridgehead atoms. The zero-order valence-electron chi connectivity index (χ0n) is 14.4. The fourth-order valence-corrected chi connectivity index (χ4v) is 3.45. The van der Waals surface area contributed by atoms with E-state index in [2.05, 4.69) is 5.32 Å². The Morgan fingerprint density at radius 2 is 2.32 bits per heavy atom. The van der Waals surface area contributed by atoms with Crippen LogP contribution in [-0.4, -0.2) is 49.0 Å². The summed E-state index contributed by atoms with van der Waals surface area (Å²) in [6.07, 6.45) is 2.09. The number of benzene rings is 1. The molecule has 25 heavy (non-hydrogen) atoms. The van der Waals surface area contributed by atoms with Crippen LogP contribution in [-0.2, 0) is 9.63 Å². The lowest BCUT2D eigenvalue weighted by atomic mass is 9.74. The van der Waals surface area contributed by atoms with Crippen molar-refractivity contribution in [2.24, 2.45) is 5.92 Å². The number of hydrogen-bond acceptors (Lipinski definition) is 5. The lowest BCUT2D eigenvalue weighted by Crippen LogP contribution is -2.42. The van der Waals surface area contributed by atoms with Crippen LogP contribution in [0.25, 0.3) is 0 Å². The maximum atomic E-state index is 13.8. The third kappa shape index (κ3) is 4.48. The number of methoxy groups -OCH3 is 1. The number of nitrogens with one attached hydrogen (secondary N) is 1. The second-order valence-corrected chi connectivity index (χ2v) is 6.68. The first-order valence-electron chi connectivity index (χ1n) is 8.75. The van der Waals surface area contributed by atoms with Crippen LogP contribution in [0.5, 0.6) is 5.75 Å². The number of aliphatic hydroxyl groups is 1. The quantitative estimate of drug-likeness (QED) is 0.783. The molecule has 1 amide bonds. The van der Waals surface area contributed by atoms with E-state index in [0.29, 0.717) is 43.7 Å². The fourth-order valence-electron chi connectivity index (χ4n) is 3.45. The average molecular weight is 352 g/mol. The molecule has 1 aromatic carbocycles. The molecule has 1 atom stereocenters. The van der Waals surface area contributed by atoms with E-state index in [0.717, 1.165) is 13.0 Å². The van der Waals surface area contributed by atoms with E-state index in [1.165, 1.54) is 19.2 Å². The van der Waals surface area contributed by atoms with Gasteiger partial charge in [-0.3, -0.25) is 9.63 Å². The normalized spacial score (nSPS) is 24.6. The Balaban J connectivity index is 1.69. The molecule has 1 heterocycles. The Morgan fingerprint density at radius 1 is 1.52 bits per heavy atom. The maximum Gasteiger partial charge on any atom is 0.221 e. The molecule has 7 heteroatoms. The Labute approximate surface area is 146 Å². The van der Waals surface area contributed by atoms with Gasteiger partial charge in [0.2, 0.25) is 5.91 Å². The van der Waals surface area contributed by atoms with Crippen molar-refractivity contribution in [2.75, 3.05) is 26.8 Å². The predicted molar refractivity (Wildman–Crippen MR) is 89.3 cm³/mol. The van der Waals surface area contributed by atoms with Crippen molar-refractivity contribution in [3.8, 4) is 5.75 Å². The number of hydrogen-bond donors (Lipinski definition) is 2. The van der Waals surface area contributed by atoms with Crippen LogP contribution < -0.4 is 10.1 Å². The van der Waals surface area contributed by atoms with Gasteiger partial charge in [0.1, 0.15) is 11.6 Å². The Hall–Kier alpha value is -1.70. The third-order valence-electron chi connectivity index (χ3n) is 4.88. The van der Waals surface area contributed by atoms with Gasteiger partial charge in [0.05, 0.1) is 25.9 Å². The predicted octanol–water partition coefficient (Wildman–Crippen LogP) is 1.79. The minimum atomic E-state index is -0.375. The van der Waals surface area contributed by atoms with E-state index in [-0.39, 0.29) is 29.8 Å². The molecule has 6 nitrogen and oxygen atoms in total. The number of aliphatic hydroxyl groups excluding tert-OH is 1. The molecule has 1 unspecified atom stereocenters. The van der Waals surface area contributed by atoms with Gasteiger partial charge in [0.25, 0.3) is 0 Å². The van der Waals surface area contributed by atoms with E-state index < -0.39 is 0 Å². The van der Waals surface area contributed by atoms with Crippen molar-refractivity contribution in [1.82, 2.24) is 10.4 Å². The summed E-state index contributed by atoms with van der Waals surface area (Å²) in [5.74, 6) is 0.113. The highest BCUT2D eigenvalue weighted by atomic mass is 19.1. The Morgan fingerprint density at radius 3 is 2.96 bits per heavy atom. The van der Waals surface area contributed by atoms with Crippen LogP contribution in [0, 0.1) is 11.7 Å². The van der Waals surface area contributed by atoms with E-state index in [4.69, 9.17) is 9.57 Å². The Kier molecular flexibility index (Phi) is 5.88. The minimum absolute atomic E-state index is 0.0673. The second kappa shape index (κ2) is 8.12. The van der Waals surface area contributed by atoms with Gasteiger partial charge < -0.3 is 15.2 Å². The number of carbonyl (C=O) groups excluding carboxylic acids is 1. The van der Waals surface area contributed by atoms with Crippen molar-refractivity contribution >= 4 is 5.91 Å². The number of halogens is 1. The molecule has 2 aliphatic rings. The monoisotopic (exact) mass is 352 g/mol. The van der Waals surface area contributed by atoms with E-state index >= 15 is 0 Å². The molecule has 1 aliphatic carbocycles. The van der Waals surface area contributed by atoms with E-state index in [1.807, 2.05) is 0 Å². The molecule has 3 rings (SSSR count). The highest BCUT2D eigenvalue weighted by Gasteiger charge is 2.37. The lowest BCUT2D eigenvalue weighted by molar-refractivity contribution is -0.131. The van der Waals surface area contributed by atoms with Gasteiger partial charge in [0, 0.05) is 25.1 Å². The van der Waals surface area contributed by atoms with E-state index in [1.54, 1.807) is 11.1 Å². The fraction of sp³-hybridized carbons (Fsp3) is 0.611. The largest absolute Gasteiger partial charge is 0.496 e. The molecule has 1 saturated heterocycles. The minimum Gasteiger partial charge on any atom is -0.496 e. The van der Waals surface area contributed by atoms with Crippen LogP contribution in [0.15, 0.2) is 18.2 Å². The van der Waals surface area contributed by atoms with Crippen LogP contribution >= 0.6 is 0 Å². The Bertz CT molecular complexity index is 601. The van der Waals surface area contributed by atoms with Crippen molar-refractivity contribution < 1.29 is 23.9 Å². The molecular weight excluding hydrogens is 327 g/mol. The molecule has 1 aromatic rings.